The van der Waals surface area contributed by atoms with Gasteiger partial charge in [0, 0.05) is 0 Å². The summed E-state index contributed by atoms with van der Waals surface area (Å²) in [5.74, 6) is 0. The van der Waals surface area contributed by atoms with Gasteiger partial charge < -0.3 is 15.9 Å². The number of aliphatic hydroxyl groups is 2. The van der Waals surface area contributed by atoms with Crippen molar-refractivity contribution >= 4 is 0 Å². The molecule has 3 heteroatoms. The van der Waals surface area contributed by atoms with Crippen molar-refractivity contribution in [3.8, 4) is 0 Å². The smallest absolute Gasteiger partial charge is 0.0540 e. The minimum absolute atomic E-state index is 0.0248. The average Bonchev–Trinajstić information content (AvgIpc) is 3.00. The van der Waals surface area contributed by atoms with Crippen LogP contribution in [-0.4, -0.2) is 29.0 Å². The van der Waals surface area contributed by atoms with E-state index in [1.54, 1.807) is 0 Å². The van der Waals surface area contributed by atoms with Gasteiger partial charge in [0.05, 0.1) is 12.2 Å². The van der Waals surface area contributed by atoms with Crippen LogP contribution in [-0.2, 0) is 0 Å². The summed E-state index contributed by atoms with van der Waals surface area (Å²) in [6.45, 7) is 16.3. The lowest BCUT2D eigenvalue weighted by Gasteiger charge is -2.10. The van der Waals surface area contributed by atoms with E-state index < -0.39 is 0 Å². The first-order valence-electron chi connectivity index (χ1n) is 19.5. The highest BCUT2D eigenvalue weighted by molar-refractivity contribution is 4.58. The average molecular weight is 602 g/mol. The first-order chi connectivity index (χ1) is 20.4. The van der Waals surface area contributed by atoms with E-state index in [0.29, 0.717) is 0 Å². The summed E-state index contributed by atoms with van der Waals surface area (Å²) < 4.78 is 0. The Bertz CT molecular complexity index is 373. The van der Waals surface area contributed by atoms with Gasteiger partial charge >= 0.3 is 0 Å². The molecule has 3 nitrogen and oxygen atoms in total. The molecule has 0 radical (unpaired) electrons. The van der Waals surface area contributed by atoms with E-state index in [1.807, 2.05) is 0 Å². The zero-order valence-electron chi connectivity index (χ0n) is 30.8. The largest absolute Gasteiger partial charge is 0.393 e. The van der Waals surface area contributed by atoms with Crippen LogP contribution in [0.1, 0.15) is 235 Å². The lowest BCUT2D eigenvalue weighted by Crippen LogP contribution is -2.05. The Labute approximate surface area is 269 Å². The monoisotopic (exact) mass is 602 g/mol. The van der Waals surface area contributed by atoms with E-state index in [0.717, 1.165) is 32.2 Å². The Morgan fingerprint density at radius 3 is 0.690 bits per heavy atom. The fraction of sp³-hybridized carbons (Fsp3) is 1.00. The van der Waals surface area contributed by atoms with Crippen LogP contribution >= 0.6 is 0 Å². The van der Waals surface area contributed by atoms with Crippen molar-refractivity contribution in [3.05, 3.63) is 0 Å². The summed E-state index contributed by atoms with van der Waals surface area (Å²) in [7, 11) is 0. The van der Waals surface area contributed by atoms with Crippen molar-refractivity contribution in [1.29, 1.82) is 0 Å². The van der Waals surface area contributed by atoms with E-state index in [4.69, 9.17) is 5.73 Å². The maximum atomic E-state index is 9.81. The molecular formula is C39H87NO2. The molecule has 0 aromatic carbocycles. The van der Waals surface area contributed by atoms with Crippen molar-refractivity contribution in [1.82, 2.24) is 0 Å². The minimum Gasteiger partial charge on any atom is -0.393 e. The lowest BCUT2D eigenvalue weighted by molar-refractivity contribution is 0.147. The molecule has 260 valence electrons. The van der Waals surface area contributed by atoms with Crippen LogP contribution in [0.2, 0.25) is 0 Å². The van der Waals surface area contributed by atoms with E-state index in [2.05, 4.69) is 48.5 Å². The summed E-state index contributed by atoms with van der Waals surface area (Å²) in [6.07, 6.45) is 36.6. The van der Waals surface area contributed by atoms with Gasteiger partial charge in [-0.05, 0) is 38.6 Å². The van der Waals surface area contributed by atoms with Crippen LogP contribution in [0.25, 0.3) is 0 Å². The Morgan fingerprint density at radius 1 is 0.310 bits per heavy atom. The van der Waals surface area contributed by atoms with Crippen LogP contribution in [0, 0.1) is 0 Å². The molecule has 0 aliphatic carbocycles. The second kappa shape index (κ2) is 50.5. The topological polar surface area (TPSA) is 66.5 Å². The summed E-state index contributed by atoms with van der Waals surface area (Å²) >= 11 is 0. The first kappa shape index (κ1) is 48.8. The molecule has 0 fully saturated rings. The number of aliphatic hydroxyl groups excluding tert-OH is 2. The molecular weight excluding hydrogens is 514 g/mol. The maximum Gasteiger partial charge on any atom is 0.0540 e. The van der Waals surface area contributed by atoms with Crippen LogP contribution in [0.15, 0.2) is 0 Å². The quantitative estimate of drug-likeness (QED) is 0.0781. The fourth-order valence-corrected chi connectivity index (χ4v) is 4.60. The predicted molar refractivity (Wildman–Crippen MR) is 195 cm³/mol. The normalized spacial score (nSPS) is 11.2. The van der Waals surface area contributed by atoms with Gasteiger partial charge in [-0.2, -0.15) is 0 Å². The second-order valence-corrected chi connectivity index (χ2v) is 12.6. The van der Waals surface area contributed by atoms with E-state index in [-0.39, 0.29) is 12.2 Å². The highest BCUT2D eigenvalue weighted by atomic mass is 16.3. The number of hydrogen-bond donors (Lipinski definition) is 3. The van der Waals surface area contributed by atoms with Crippen LogP contribution in [0.5, 0.6) is 0 Å². The van der Waals surface area contributed by atoms with Crippen molar-refractivity contribution in [2.45, 2.75) is 247 Å². The third-order valence-corrected chi connectivity index (χ3v) is 7.87. The maximum absolute atomic E-state index is 9.81. The number of rotatable bonds is 28. The van der Waals surface area contributed by atoms with E-state index in [9.17, 15) is 10.2 Å². The summed E-state index contributed by atoms with van der Waals surface area (Å²) in [5.41, 5.74) is 5.14. The Morgan fingerprint density at radius 2 is 0.524 bits per heavy atom. The molecule has 0 rings (SSSR count). The number of unbranched alkanes of at least 4 members (excludes halogenated alkanes) is 19. The molecule has 0 aliphatic rings. The zero-order chi connectivity index (χ0) is 32.4. The molecule has 0 aliphatic heterocycles. The molecule has 1 atom stereocenters. The van der Waals surface area contributed by atoms with Crippen molar-refractivity contribution in [2.75, 3.05) is 6.54 Å². The molecule has 0 aromatic rings. The molecule has 0 heterocycles. The highest BCUT2D eigenvalue weighted by Gasteiger charge is 2.04. The van der Waals surface area contributed by atoms with Crippen molar-refractivity contribution < 1.29 is 10.2 Å². The molecule has 0 spiro atoms. The Kier molecular flexibility index (Phi) is 58.7. The standard InChI is InChI=1S/C16H34O.C15H32O.C4H11N.C4H10/c1-3-5-7-9-11-13-15-16(17)14-12-10-8-6-4-2;1-3-5-7-9-11-13-15(16)14-12-10-8-6-4-2;1-2-3-4-5;1-3-4-2/h16-17H,3-15H2,1-2H3;15-16H,3-14H2,1-2H3;2-5H2,1H3;3-4H2,1-2H3. The molecule has 4 N–H and O–H groups in total. The van der Waals surface area contributed by atoms with Crippen LogP contribution in [0.4, 0.5) is 0 Å². The van der Waals surface area contributed by atoms with Gasteiger partial charge in [0.1, 0.15) is 0 Å². The Balaban J connectivity index is -0.000000267. The second-order valence-electron chi connectivity index (χ2n) is 12.6. The fourth-order valence-electron chi connectivity index (χ4n) is 4.60. The third-order valence-electron chi connectivity index (χ3n) is 7.87. The molecule has 0 saturated heterocycles. The SMILES string of the molecule is CCCC.CCCCCCCC(O)CCCCCCC.CCCCCCCCC(O)CCCCCCC.CCCCN. The number of hydrogen-bond acceptors (Lipinski definition) is 3. The molecule has 0 bridgehead atoms. The molecule has 42 heavy (non-hydrogen) atoms. The van der Waals surface area contributed by atoms with Gasteiger partial charge in [0.15, 0.2) is 0 Å². The Hall–Kier alpha value is -0.120. The van der Waals surface area contributed by atoms with Gasteiger partial charge in [-0.3, -0.25) is 0 Å². The zero-order valence-corrected chi connectivity index (χ0v) is 30.8. The van der Waals surface area contributed by atoms with Gasteiger partial charge in [0.2, 0.25) is 0 Å². The van der Waals surface area contributed by atoms with Gasteiger partial charge in [-0.15, -0.1) is 0 Å². The van der Waals surface area contributed by atoms with Gasteiger partial charge in [-0.25, -0.2) is 0 Å². The first-order valence-corrected chi connectivity index (χ1v) is 19.5. The molecule has 1 unspecified atom stereocenters. The summed E-state index contributed by atoms with van der Waals surface area (Å²) in [5, 5.41) is 19.6. The molecule has 0 saturated carbocycles. The van der Waals surface area contributed by atoms with Crippen LogP contribution in [0.3, 0.4) is 0 Å². The molecule has 0 aromatic heterocycles. The van der Waals surface area contributed by atoms with Gasteiger partial charge in [0.25, 0.3) is 0 Å². The lowest BCUT2D eigenvalue weighted by atomic mass is 10.0. The van der Waals surface area contributed by atoms with Crippen LogP contribution < -0.4 is 5.73 Å². The number of nitrogens with two attached hydrogens (primary N) is 1. The third kappa shape index (κ3) is 59.3. The summed E-state index contributed by atoms with van der Waals surface area (Å²) in [6, 6.07) is 0. The summed E-state index contributed by atoms with van der Waals surface area (Å²) in [4.78, 5) is 0. The van der Waals surface area contributed by atoms with Crippen molar-refractivity contribution in [3.63, 3.8) is 0 Å². The van der Waals surface area contributed by atoms with Gasteiger partial charge in [-0.1, -0.05) is 203 Å². The van der Waals surface area contributed by atoms with E-state index in [1.165, 1.54) is 161 Å². The van der Waals surface area contributed by atoms with E-state index >= 15 is 0 Å². The predicted octanol–water partition coefficient (Wildman–Crippen LogP) is 13.1. The highest BCUT2D eigenvalue weighted by Crippen LogP contribution is 2.14. The molecule has 0 amide bonds. The minimum atomic E-state index is -0.0252. The van der Waals surface area contributed by atoms with Crippen molar-refractivity contribution in [2.24, 2.45) is 5.73 Å².